The Morgan fingerprint density at radius 1 is 0.150 bits per heavy atom. The quantitative estimate of drug-likeness (QED) is 0.153. The lowest BCUT2D eigenvalue weighted by atomic mass is 9.85. The van der Waals surface area contributed by atoms with Gasteiger partial charge in [-0.1, -0.05) is 194 Å². The molecule has 12 aromatic carbocycles. The van der Waals surface area contributed by atoms with Gasteiger partial charge in [-0.2, -0.15) is 0 Å². The van der Waals surface area contributed by atoms with Gasteiger partial charge < -0.3 is 0 Å². The van der Waals surface area contributed by atoms with Crippen LogP contribution in [-0.4, -0.2) is 0 Å². The van der Waals surface area contributed by atoms with Crippen LogP contribution < -0.4 is 0 Å². The van der Waals surface area contributed by atoms with Gasteiger partial charge in [0.1, 0.15) is 0 Å². The molecule has 0 nitrogen and oxygen atoms in total. The van der Waals surface area contributed by atoms with Crippen LogP contribution in [0.2, 0.25) is 0 Å². The molecule has 0 fully saturated rings. The molecule has 0 atom stereocenters. The van der Waals surface area contributed by atoms with Crippen molar-refractivity contribution in [3.05, 3.63) is 231 Å². The molecule has 278 valence electrons. The summed E-state index contributed by atoms with van der Waals surface area (Å²) in [4.78, 5) is 0. The van der Waals surface area contributed by atoms with E-state index in [0.29, 0.717) is 0 Å². The van der Waals surface area contributed by atoms with Gasteiger partial charge >= 0.3 is 0 Å². The summed E-state index contributed by atoms with van der Waals surface area (Å²) in [5.41, 5.74) is 12.2. The van der Waals surface area contributed by atoms with E-state index >= 15 is 0 Å². The Hall–Kier alpha value is -7.80. The average Bonchev–Trinajstić information content (AvgIpc) is 3.33. The van der Waals surface area contributed by atoms with Gasteiger partial charge in [0.2, 0.25) is 0 Å². The highest BCUT2D eigenvalue weighted by Crippen LogP contribution is 2.45. The topological polar surface area (TPSA) is 0 Å². The predicted octanol–water partition coefficient (Wildman–Crippen LogP) is 16.9. The molecule has 0 saturated heterocycles. The maximum Gasteiger partial charge on any atom is -0.00923 e. The Labute approximate surface area is 349 Å². The Kier molecular flexibility index (Phi) is 7.96. The van der Waals surface area contributed by atoms with Gasteiger partial charge in [0, 0.05) is 0 Å². The third-order valence-electron chi connectivity index (χ3n) is 12.6. The van der Waals surface area contributed by atoms with E-state index in [1.54, 1.807) is 0 Å². The fourth-order valence-corrected chi connectivity index (χ4v) is 9.63. The maximum absolute atomic E-state index is 2.46. The van der Waals surface area contributed by atoms with Gasteiger partial charge in [0.05, 0.1) is 0 Å². The normalized spacial score (nSPS) is 11.7. The number of rotatable bonds is 5. The van der Waals surface area contributed by atoms with E-state index in [1.165, 1.54) is 120 Å². The second-order valence-electron chi connectivity index (χ2n) is 16.0. The molecule has 0 unspecified atom stereocenters. The van der Waals surface area contributed by atoms with Gasteiger partial charge in [-0.05, 0) is 157 Å². The molecule has 0 amide bonds. The van der Waals surface area contributed by atoms with E-state index < -0.39 is 0 Å². The first kappa shape index (κ1) is 34.3. The highest BCUT2D eigenvalue weighted by Gasteiger charge is 2.17. The van der Waals surface area contributed by atoms with E-state index in [1.807, 2.05) is 0 Å². The van der Waals surface area contributed by atoms with Crippen molar-refractivity contribution in [2.45, 2.75) is 0 Å². The van der Waals surface area contributed by atoms with Gasteiger partial charge in [-0.25, -0.2) is 0 Å². The summed E-state index contributed by atoms with van der Waals surface area (Å²) in [7, 11) is 0. The smallest absolute Gasteiger partial charge is 0.00923 e. The van der Waals surface area contributed by atoms with Crippen LogP contribution in [0.3, 0.4) is 0 Å². The fourth-order valence-electron chi connectivity index (χ4n) is 9.63. The summed E-state index contributed by atoms with van der Waals surface area (Å²) in [5, 5.41) is 15.1. The molecule has 0 aliphatic heterocycles. The lowest BCUT2D eigenvalue weighted by Crippen LogP contribution is -1.91. The maximum atomic E-state index is 2.46. The zero-order valence-electron chi connectivity index (χ0n) is 32.9. The second-order valence-corrected chi connectivity index (χ2v) is 16.0. The summed E-state index contributed by atoms with van der Waals surface area (Å²) in [6.07, 6.45) is 0. The van der Waals surface area contributed by atoms with E-state index in [0.717, 1.165) is 0 Å². The zero-order chi connectivity index (χ0) is 39.6. The molecule has 60 heavy (non-hydrogen) atoms. The molecule has 0 aromatic heterocycles. The van der Waals surface area contributed by atoms with E-state index in [2.05, 4.69) is 231 Å². The highest BCUT2D eigenvalue weighted by molar-refractivity contribution is 6.25. The largest absolute Gasteiger partial charge is 0.0622 e. The SMILES string of the molecule is c1ccc(-c2ccc3c(c2)c(-c2ccc(-c4cc5ccccc5c5ccccc45)cc2)cc2c4ccc(-c5ccccc5)cc4c(-c4ccc5ccccc5c4)cc32)cc1. The van der Waals surface area contributed by atoms with Crippen LogP contribution in [-0.2, 0) is 0 Å². The molecule has 12 aromatic rings. The summed E-state index contributed by atoms with van der Waals surface area (Å²) < 4.78 is 0. The first-order valence-electron chi connectivity index (χ1n) is 20.8. The fraction of sp³-hybridized carbons (Fsp3) is 0. The van der Waals surface area contributed by atoms with Crippen LogP contribution in [0.5, 0.6) is 0 Å². The van der Waals surface area contributed by atoms with Crippen LogP contribution in [0.4, 0.5) is 0 Å². The van der Waals surface area contributed by atoms with Crippen molar-refractivity contribution in [3.8, 4) is 55.6 Å². The van der Waals surface area contributed by atoms with Crippen LogP contribution in [0.1, 0.15) is 0 Å². The van der Waals surface area contributed by atoms with Gasteiger partial charge in [0.15, 0.2) is 0 Å². The second kappa shape index (κ2) is 13.9. The lowest BCUT2D eigenvalue weighted by Gasteiger charge is -2.18. The molecule has 0 heteroatoms. The number of hydrogen-bond donors (Lipinski definition) is 0. The Morgan fingerprint density at radius 3 is 1.17 bits per heavy atom. The summed E-state index contributed by atoms with van der Waals surface area (Å²) in [6.45, 7) is 0. The molecular weight excluding hydrogens is 721 g/mol. The third kappa shape index (κ3) is 5.69. The summed E-state index contributed by atoms with van der Waals surface area (Å²) in [5.74, 6) is 0. The Morgan fingerprint density at radius 2 is 0.567 bits per heavy atom. The minimum absolute atomic E-state index is 1.20. The molecule has 0 heterocycles. The first-order valence-corrected chi connectivity index (χ1v) is 20.8. The van der Waals surface area contributed by atoms with Crippen LogP contribution in [0.15, 0.2) is 231 Å². The summed E-state index contributed by atoms with van der Waals surface area (Å²) in [6, 6.07) is 85.3. The molecule has 0 aliphatic rings. The van der Waals surface area contributed by atoms with Crippen molar-refractivity contribution in [1.82, 2.24) is 0 Å². The third-order valence-corrected chi connectivity index (χ3v) is 12.6. The minimum Gasteiger partial charge on any atom is -0.0622 e. The number of fused-ring (bicyclic) bond motifs is 9. The Balaban J connectivity index is 1.12. The molecule has 12 rings (SSSR count). The number of benzene rings is 12. The molecule has 0 saturated carbocycles. The Bertz CT molecular complexity index is 3620. The van der Waals surface area contributed by atoms with E-state index in [9.17, 15) is 0 Å². The standard InChI is InChI=1S/C60H38/c1-3-13-39(14-4-1)45-29-31-52-57(34-45)55(43-26-24-42(25-27-43)54-36-47-19-9-10-20-49(47)50-21-11-12-22-51(50)54)37-59-53-32-30-46(40-15-5-2-6-16-40)35-58(53)56(38-60(52)59)48-28-23-41-17-7-8-18-44(41)33-48/h1-38H. The minimum atomic E-state index is 1.20. The van der Waals surface area contributed by atoms with Crippen molar-refractivity contribution in [3.63, 3.8) is 0 Å². The van der Waals surface area contributed by atoms with Gasteiger partial charge in [0.25, 0.3) is 0 Å². The van der Waals surface area contributed by atoms with Crippen LogP contribution in [0, 0.1) is 0 Å². The van der Waals surface area contributed by atoms with Crippen molar-refractivity contribution in [2.24, 2.45) is 0 Å². The van der Waals surface area contributed by atoms with Crippen molar-refractivity contribution < 1.29 is 0 Å². The number of hydrogen-bond acceptors (Lipinski definition) is 0. The predicted molar refractivity (Wildman–Crippen MR) is 259 cm³/mol. The van der Waals surface area contributed by atoms with Crippen molar-refractivity contribution in [2.75, 3.05) is 0 Å². The molecule has 0 aliphatic carbocycles. The molecule has 0 N–H and O–H groups in total. The lowest BCUT2D eigenvalue weighted by molar-refractivity contribution is 1.62. The zero-order valence-corrected chi connectivity index (χ0v) is 32.9. The van der Waals surface area contributed by atoms with Crippen molar-refractivity contribution in [1.29, 1.82) is 0 Å². The monoisotopic (exact) mass is 758 g/mol. The molecule has 0 radical (unpaired) electrons. The first-order chi connectivity index (χ1) is 29.7. The molecule has 0 spiro atoms. The molecular formula is C60H38. The van der Waals surface area contributed by atoms with E-state index in [-0.39, 0.29) is 0 Å². The summed E-state index contributed by atoms with van der Waals surface area (Å²) >= 11 is 0. The van der Waals surface area contributed by atoms with Crippen LogP contribution >= 0.6 is 0 Å². The van der Waals surface area contributed by atoms with Gasteiger partial charge in [-0.15, -0.1) is 0 Å². The van der Waals surface area contributed by atoms with Gasteiger partial charge in [-0.3, -0.25) is 0 Å². The molecule has 0 bridgehead atoms. The van der Waals surface area contributed by atoms with Crippen molar-refractivity contribution >= 4 is 64.6 Å². The average molecular weight is 759 g/mol. The van der Waals surface area contributed by atoms with E-state index in [4.69, 9.17) is 0 Å². The highest BCUT2D eigenvalue weighted by atomic mass is 14.2. The van der Waals surface area contributed by atoms with Crippen LogP contribution in [0.25, 0.3) is 120 Å².